The minimum atomic E-state index is -5.05. The molecule has 31 heavy (non-hydrogen) atoms. The molecule has 0 aromatic heterocycles. The molecule has 12 radical (unpaired) electrons. The second-order valence-electron chi connectivity index (χ2n) is 3.19. The van der Waals surface area contributed by atoms with Gasteiger partial charge in [0.1, 0.15) is 0 Å². The molecule has 0 aliphatic rings. The Bertz CT molecular complexity index is 549. The highest BCUT2D eigenvalue weighted by Crippen LogP contribution is 2.55. The molecule has 0 aromatic rings. The van der Waals surface area contributed by atoms with Crippen LogP contribution in [0.1, 0.15) is 0 Å². The van der Waals surface area contributed by atoms with Gasteiger partial charge in [0.15, 0.2) is 0 Å². The lowest BCUT2D eigenvalue weighted by atomic mass is 15.7. The Hall–Kier alpha value is 2.50. The van der Waals surface area contributed by atoms with Crippen molar-refractivity contribution in [3.8, 4) is 0 Å². The molecule has 21 nitrogen and oxygen atoms in total. The molecule has 12 N–H and O–H groups in total. The molecule has 0 saturated heterocycles. The summed E-state index contributed by atoms with van der Waals surface area (Å²) in [6.07, 6.45) is 0. The van der Waals surface area contributed by atoms with Crippen molar-refractivity contribution in [2.75, 3.05) is 0 Å². The Morgan fingerprint density at radius 2 is 0.355 bits per heavy atom. The van der Waals surface area contributed by atoms with Gasteiger partial charge < -0.3 is 58.7 Å². The van der Waals surface area contributed by atoms with E-state index in [1.54, 1.807) is 0 Å². The van der Waals surface area contributed by atoms with Gasteiger partial charge in [0.05, 0.1) is 0 Å². The molecule has 31 heteroatoms. The fourth-order valence-corrected chi connectivity index (χ4v) is 3.74. The van der Waals surface area contributed by atoms with Crippen LogP contribution in [0, 0.1) is 0 Å². The van der Waals surface area contributed by atoms with Crippen LogP contribution in [0.2, 0.25) is 0 Å². The lowest BCUT2D eigenvalue weighted by Gasteiger charge is -2.03. The molecule has 0 atom stereocenters. The highest BCUT2D eigenvalue weighted by atomic mass is 31.3. The molecule has 0 aliphatic heterocycles. The molecular weight excluding hydrogens is 646 g/mol. The van der Waals surface area contributed by atoms with E-state index in [4.69, 9.17) is 58.7 Å². The predicted octanol–water partition coefficient (Wildman–Crippen LogP) is 1.01. The second kappa shape index (κ2) is 18.7. The summed E-state index contributed by atoms with van der Waals surface area (Å²) in [7, 11) is -30.3. The Kier molecular flexibility index (Phi) is 30.4. The van der Waals surface area contributed by atoms with E-state index in [0.29, 0.717) is 0 Å². The predicted molar refractivity (Wildman–Crippen MR) is 103 cm³/mol. The molecule has 0 saturated carbocycles. The van der Waals surface area contributed by atoms with Crippen molar-refractivity contribution in [2.24, 2.45) is 0 Å². The molecular formula is H12O21P10. The summed E-state index contributed by atoms with van der Waals surface area (Å²) < 4.78 is 66.6. The van der Waals surface area contributed by atoms with Gasteiger partial charge >= 0.3 is 46.9 Å². The Morgan fingerprint density at radius 1 is 0.290 bits per heavy atom. The number of phosphoric acid groups is 6. The molecule has 0 aliphatic carbocycles. The van der Waals surface area contributed by atoms with Crippen molar-refractivity contribution in [1.82, 2.24) is 0 Å². The number of rotatable bonds is 6. The van der Waals surface area contributed by atoms with Crippen LogP contribution in [0.4, 0.5) is 0 Å². The summed E-state index contributed by atoms with van der Waals surface area (Å²) in [5.41, 5.74) is 0. The van der Waals surface area contributed by atoms with Gasteiger partial charge in [-0.05, 0) is 0 Å². The summed E-state index contributed by atoms with van der Waals surface area (Å²) in [5, 5.41) is 0. The Labute approximate surface area is 186 Å². The fourth-order valence-electron chi connectivity index (χ4n) is 0.416. The first-order valence-electron chi connectivity index (χ1n) is 4.59. The molecule has 188 valence electrons. The highest BCUT2D eigenvalue weighted by Gasteiger charge is 2.29. The molecule has 0 amide bonds. The van der Waals surface area contributed by atoms with E-state index in [9.17, 15) is 27.4 Å². The molecule has 0 spiro atoms. The maximum atomic E-state index is 9.63. The van der Waals surface area contributed by atoms with Crippen LogP contribution in [0.15, 0.2) is 0 Å². The molecule has 0 aromatic carbocycles. The zero-order valence-corrected chi connectivity index (χ0v) is 22.5. The smallest absolute Gasteiger partial charge is 0.302 e. The van der Waals surface area contributed by atoms with E-state index >= 15 is 0 Å². The van der Waals surface area contributed by atoms with E-state index < -0.39 is 46.9 Å². The average Bonchev–Trinajstić information content (AvgIpc) is 1.96. The van der Waals surface area contributed by atoms with Crippen LogP contribution in [-0.2, 0) is 40.3 Å². The van der Waals surface area contributed by atoms with E-state index in [2.05, 4.69) is 12.9 Å². The Morgan fingerprint density at radius 3 is 0.355 bits per heavy atom. The highest BCUT2D eigenvalue weighted by molar-refractivity contribution is 7.61. The summed E-state index contributed by atoms with van der Waals surface area (Å²) in [4.78, 5) is 93.0. The van der Waals surface area contributed by atoms with Gasteiger partial charge in [0, 0.05) is 39.6 Å². The van der Waals surface area contributed by atoms with Crippen LogP contribution < -0.4 is 0 Å². The Balaban J connectivity index is -0.0000000524. The normalized spacial score (nSPS) is 12.0. The van der Waals surface area contributed by atoms with E-state index in [-0.39, 0.29) is 39.6 Å². The molecule has 0 heterocycles. The minimum Gasteiger partial charge on any atom is -0.302 e. The van der Waals surface area contributed by atoms with Crippen molar-refractivity contribution in [2.45, 2.75) is 0 Å². The standard InChI is InChI=1S/3H4O7P2.4P/c3*1-8(2,3)7-9(4,5)6;;;;/h3*(H2,1,2,3)(H2,4,5,6);;;;. The zero-order chi connectivity index (χ0) is 23.1. The van der Waals surface area contributed by atoms with Crippen LogP contribution >= 0.6 is 86.5 Å². The van der Waals surface area contributed by atoms with Gasteiger partial charge in [-0.2, -0.15) is 12.9 Å². The quantitative estimate of drug-likeness (QED) is 0.177. The monoisotopic (exact) mass is 658 g/mol. The van der Waals surface area contributed by atoms with Crippen LogP contribution in [0.3, 0.4) is 0 Å². The van der Waals surface area contributed by atoms with Gasteiger partial charge in [-0.1, -0.05) is 0 Å². The SMILES string of the molecule is O=P(O)(O)OP(=O)(O)O.O=P(O)(O)OP(=O)(O)O.O=P(O)(O)OP(=O)(O)O.[P].[P].[P].[P]. The maximum absolute atomic E-state index is 9.63. The van der Waals surface area contributed by atoms with Gasteiger partial charge in [-0.15, -0.1) is 0 Å². The third-order valence-electron chi connectivity index (χ3n) is 0.638. The topological polar surface area (TPSA) is 373 Å². The third-order valence-corrected chi connectivity index (χ3v) is 5.74. The van der Waals surface area contributed by atoms with Crippen molar-refractivity contribution < 1.29 is 99.0 Å². The van der Waals surface area contributed by atoms with Gasteiger partial charge in [-0.25, -0.2) is 27.4 Å². The summed E-state index contributed by atoms with van der Waals surface area (Å²) in [6, 6.07) is 0. The summed E-state index contributed by atoms with van der Waals surface area (Å²) >= 11 is 0. The lowest BCUT2D eigenvalue weighted by molar-refractivity contribution is 0.221. The van der Waals surface area contributed by atoms with Crippen LogP contribution in [0.5, 0.6) is 0 Å². The van der Waals surface area contributed by atoms with Gasteiger partial charge in [-0.3, -0.25) is 0 Å². The minimum absolute atomic E-state index is 0. The average molecular weight is 658 g/mol. The van der Waals surface area contributed by atoms with Crippen molar-refractivity contribution in [3.63, 3.8) is 0 Å². The first-order valence-corrected chi connectivity index (χ1v) is 13.8. The van der Waals surface area contributed by atoms with Crippen molar-refractivity contribution in [3.05, 3.63) is 0 Å². The molecule has 0 unspecified atom stereocenters. The third kappa shape index (κ3) is 71.9. The van der Waals surface area contributed by atoms with Crippen LogP contribution in [-0.4, -0.2) is 58.7 Å². The van der Waals surface area contributed by atoms with E-state index in [1.807, 2.05) is 0 Å². The first kappa shape index (κ1) is 50.4. The van der Waals surface area contributed by atoms with Gasteiger partial charge in [0.25, 0.3) is 0 Å². The number of hydrogen-bond acceptors (Lipinski definition) is 9. The van der Waals surface area contributed by atoms with E-state index in [1.165, 1.54) is 0 Å². The fraction of sp³-hybridized carbons (Fsp3) is 0. The van der Waals surface area contributed by atoms with Crippen molar-refractivity contribution in [1.29, 1.82) is 0 Å². The summed E-state index contributed by atoms with van der Waals surface area (Å²) in [5.74, 6) is 0. The van der Waals surface area contributed by atoms with Crippen LogP contribution in [0.25, 0.3) is 0 Å². The lowest BCUT2D eigenvalue weighted by Crippen LogP contribution is -1.84. The second-order valence-corrected chi connectivity index (χ2v) is 11.0. The summed E-state index contributed by atoms with van der Waals surface area (Å²) in [6.45, 7) is 0. The maximum Gasteiger partial charge on any atom is 0.478 e. The molecule has 0 fully saturated rings. The first-order chi connectivity index (χ1) is 11.1. The van der Waals surface area contributed by atoms with Crippen molar-refractivity contribution >= 4 is 86.5 Å². The molecule has 0 rings (SSSR count). The molecule has 0 bridgehead atoms. The zero-order valence-electron chi connectivity index (χ0n) is 13.5. The largest absolute Gasteiger partial charge is 0.478 e. The van der Waals surface area contributed by atoms with E-state index in [0.717, 1.165) is 0 Å². The van der Waals surface area contributed by atoms with Gasteiger partial charge in [0.2, 0.25) is 0 Å². The number of hydrogen-bond donors (Lipinski definition) is 12.